The Hall–Kier alpha value is 0.790. The number of halogens is 1. The largest absolute Gasteiger partial charge is 0.316 e. The number of unbranched alkanes of at least 4 members (excludes halogenated alkanes) is 1. The summed E-state index contributed by atoms with van der Waals surface area (Å²) in [5.74, 6) is 2.49. The van der Waals surface area contributed by atoms with Crippen LogP contribution in [0.3, 0.4) is 0 Å². The van der Waals surface area contributed by atoms with Crippen LogP contribution >= 0.6 is 27.7 Å². The van der Waals surface area contributed by atoms with E-state index in [0.717, 1.165) is 5.33 Å². The van der Waals surface area contributed by atoms with Crippen LogP contribution in [0, 0.1) is 0 Å². The summed E-state index contributed by atoms with van der Waals surface area (Å²) in [4.78, 5) is 0. The van der Waals surface area contributed by atoms with E-state index >= 15 is 0 Å². The topological polar surface area (TPSA) is 12.0 Å². The maximum atomic E-state index is 3.41. The van der Waals surface area contributed by atoms with Crippen LogP contribution in [-0.2, 0) is 0 Å². The Labute approximate surface area is 82.8 Å². The zero-order chi connectivity index (χ0) is 8.36. The summed E-state index contributed by atoms with van der Waals surface area (Å²) >= 11 is 5.41. The first-order valence-corrected chi connectivity index (χ1v) is 6.53. The minimum Gasteiger partial charge on any atom is -0.316 e. The van der Waals surface area contributed by atoms with Gasteiger partial charge in [0, 0.05) is 17.6 Å². The first-order valence-electron chi connectivity index (χ1n) is 4.26. The third kappa shape index (κ3) is 10.8. The summed E-state index contributed by atoms with van der Waals surface area (Å²) in [6.07, 6.45) is 2.58. The second-order valence-corrected chi connectivity index (χ2v) is 4.53. The van der Waals surface area contributed by atoms with Crippen LogP contribution in [0.15, 0.2) is 0 Å². The minimum absolute atomic E-state index is 1.14. The van der Waals surface area contributed by atoms with Crippen LogP contribution in [0.4, 0.5) is 0 Å². The molecule has 3 heteroatoms. The van der Waals surface area contributed by atoms with Crippen LogP contribution in [0.5, 0.6) is 0 Å². The summed E-state index contributed by atoms with van der Waals surface area (Å²) in [5, 5.41) is 4.55. The van der Waals surface area contributed by atoms with Crippen molar-refractivity contribution in [1.82, 2.24) is 5.32 Å². The van der Waals surface area contributed by atoms with E-state index in [0.29, 0.717) is 0 Å². The number of alkyl halides is 1. The molecule has 0 rings (SSSR count). The van der Waals surface area contributed by atoms with Gasteiger partial charge in [0.05, 0.1) is 0 Å². The smallest absolute Gasteiger partial charge is 0.00579 e. The first-order chi connectivity index (χ1) is 5.41. The molecule has 68 valence electrons. The van der Waals surface area contributed by atoms with Crippen molar-refractivity contribution in [3.8, 4) is 0 Å². The summed E-state index contributed by atoms with van der Waals surface area (Å²) < 4.78 is 0. The average Bonchev–Trinajstić information content (AvgIpc) is 2.03. The highest BCUT2D eigenvalue weighted by atomic mass is 79.9. The van der Waals surface area contributed by atoms with Crippen LogP contribution in [0.25, 0.3) is 0 Å². The third-order valence-electron chi connectivity index (χ3n) is 1.36. The standard InChI is InChI=1S/C8H18BrNS/c1-2-11-8-7-10-6-4-3-5-9/h10H,2-8H2,1H3. The molecule has 1 nitrogen and oxygen atoms in total. The van der Waals surface area contributed by atoms with Crippen molar-refractivity contribution in [2.45, 2.75) is 19.8 Å². The molecular weight excluding hydrogens is 222 g/mol. The molecule has 0 saturated carbocycles. The molecule has 0 bridgehead atoms. The molecule has 0 aliphatic heterocycles. The van der Waals surface area contributed by atoms with Gasteiger partial charge in [-0.25, -0.2) is 0 Å². The van der Waals surface area contributed by atoms with Crippen molar-refractivity contribution in [3.63, 3.8) is 0 Å². The van der Waals surface area contributed by atoms with Gasteiger partial charge >= 0.3 is 0 Å². The lowest BCUT2D eigenvalue weighted by atomic mass is 10.3. The van der Waals surface area contributed by atoms with E-state index in [2.05, 4.69) is 28.2 Å². The van der Waals surface area contributed by atoms with E-state index < -0.39 is 0 Å². The highest BCUT2D eigenvalue weighted by Gasteiger charge is 1.87. The van der Waals surface area contributed by atoms with E-state index in [1.807, 2.05) is 11.8 Å². The molecule has 0 atom stereocenters. The SMILES string of the molecule is CCSCCNCCCCBr. The summed E-state index contributed by atoms with van der Waals surface area (Å²) in [7, 11) is 0. The second-order valence-electron chi connectivity index (χ2n) is 2.34. The fourth-order valence-corrected chi connectivity index (χ4v) is 1.73. The maximum Gasteiger partial charge on any atom is 0.00579 e. The molecule has 1 N–H and O–H groups in total. The Morgan fingerprint density at radius 1 is 1.27 bits per heavy atom. The lowest BCUT2D eigenvalue weighted by Crippen LogP contribution is -2.18. The van der Waals surface area contributed by atoms with Gasteiger partial charge in [-0.3, -0.25) is 0 Å². The van der Waals surface area contributed by atoms with E-state index in [1.165, 1.54) is 37.4 Å². The molecule has 0 fully saturated rings. The quantitative estimate of drug-likeness (QED) is 0.517. The molecule has 0 unspecified atom stereocenters. The number of hydrogen-bond acceptors (Lipinski definition) is 2. The summed E-state index contributed by atoms with van der Waals surface area (Å²) in [6, 6.07) is 0. The van der Waals surface area contributed by atoms with Crippen molar-refractivity contribution < 1.29 is 0 Å². The molecule has 0 heterocycles. The van der Waals surface area contributed by atoms with Crippen LogP contribution in [0.2, 0.25) is 0 Å². The summed E-state index contributed by atoms with van der Waals surface area (Å²) in [5.41, 5.74) is 0. The van der Waals surface area contributed by atoms with Crippen molar-refractivity contribution in [1.29, 1.82) is 0 Å². The van der Waals surface area contributed by atoms with Crippen molar-refractivity contribution in [2.24, 2.45) is 0 Å². The van der Waals surface area contributed by atoms with Gasteiger partial charge in [0.1, 0.15) is 0 Å². The minimum atomic E-state index is 1.14. The van der Waals surface area contributed by atoms with E-state index in [-0.39, 0.29) is 0 Å². The molecule has 0 spiro atoms. The normalized spacial score (nSPS) is 10.4. The van der Waals surface area contributed by atoms with Crippen molar-refractivity contribution >= 4 is 27.7 Å². The van der Waals surface area contributed by atoms with Gasteiger partial charge in [-0.05, 0) is 25.1 Å². The predicted octanol–water partition coefficient (Wildman–Crippen LogP) is 2.50. The Kier molecular flexibility index (Phi) is 11.6. The summed E-state index contributed by atoms with van der Waals surface area (Å²) in [6.45, 7) is 4.55. The van der Waals surface area contributed by atoms with Gasteiger partial charge in [-0.15, -0.1) is 0 Å². The Bertz CT molecular complexity index is 63.1. The van der Waals surface area contributed by atoms with E-state index in [9.17, 15) is 0 Å². The fourth-order valence-electron chi connectivity index (χ4n) is 0.758. The molecular formula is C8H18BrNS. The molecule has 0 aromatic heterocycles. The lowest BCUT2D eigenvalue weighted by Gasteiger charge is -2.01. The molecule has 0 aromatic carbocycles. The van der Waals surface area contributed by atoms with Gasteiger partial charge in [-0.1, -0.05) is 22.9 Å². The van der Waals surface area contributed by atoms with Crippen LogP contribution < -0.4 is 5.32 Å². The zero-order valence-electron chi connectivity index (χ0n) is 7.24. The van der Waals surface area contributed by atoms with Crippen LogP contribution in [0.1, 0.15) is 19.8 Å². The highest BCUT2D eigenvalue weighted by molar-refractivity contribution is 9.09. The molecule has 0 amide bonds. The zero-order valence-corrected chi connectivity index (χ0v) is 9.64. The van der Waals surface area contributed by atoms with E-state index in [1.54, 1.807) is 0 Å². The number of rotatable bonds is 8. The van der Waals surface area contributed by atoms with E-state index in [4.69, 9.17) is 0 Å². The molecule has 11 heavy (non-hydrogen) atoms. The second kappa shape index (κ2) is 10.8. The third-order valence-corrected chi connectivity index (χ3v) is 2.83. The average molecular weight is 240 g/mol. The number of hydrogen-bond donors (Lipinski definition) is 1. The van der Waals surface area contributed by atoms with Crippen molar-refractivity contribution in [3.05, 3.63) is 0 Å². The van der Waals surface area contributed by atoms with Crippen LogP contribution in [-0.4, -0.2) is 29.9 Å². The molecule has 0 aliphatic rings. The molecule has 0 radical (unpaired) electrons. The maximum absolute atomic E-state index is 3.41. The van der Waals surface area contributed by atoms with Crippen molar-refractivity contribution in [2.75, 3.05) is 29.9 Å². The molecule has 0 aromatic rings. The first kappa shape index (κ1) is 11.8. The lowest BCUT2D eigenvalue weighted by molar-refractivity contribution is 0.670. The van der Waals surface area contributed by atoms with Gasteiger partial charge in [0.15, 0.2) is 0 Å². The number of thioether (sulfide) groups is 1. The Morgan fingerprint density at radius 2 is 2.09 bits per heavy atom. The Balaban J connectivity index is 2.69. The highest BCUT2D eigenvalue weighted by Crippen LogP contribution is 1.95. The molecule has 0 saturated heterocycles. The predicted molar refractivity (Wildman–Crippen MR) is 58.9 cm³/mol. The van der Waals surface area contributed by atoms with Gasteiger partial charge in [0.25, 0.3) is 0 Å². The Morgan fingerprint density at radius 3 is 2.73 bits per heavy atom. The fraction of sp³-hybridized carbons (Fsp3) is 1.00. The van der Waals surface area contributed by atoms with Gasteiger partial charge < -0.3 is 5.32 Å². The van der Waals surface area contributed by atoms with Gasteiger partial charge in [0.2, 0.25) is 0 Å². The van der Waals surface area contributed by atoms with Gasteiger partial charge in [-0.2, -0.15) is 11.8 Å². The molecule has 0 aliphatic carbocycles. The monoisotopic (exact) mass is 239 g/mol. The number of nitrogens with one attached hydrogen (secondary N) is 1.